The Morgan fingerprint density at radius 1 is 0.903 bits per heavy atom. The van der Waals surface area contributed by atoms with E-state index in [4.69, 9.17) is 18.9 Å². The van der Waals surface area contributed by atoms with Gasteiger partial charge in [0.2, 0.25) is 0 Å². The van der Waals surface area contributed by atoms with Gasteiger partial charge in [0, 0.05) is 25.2 Å². The molecule has 3 aromatic rings. The van der Waals surface area contributed by atoms with Gasteiger partial charge < -0.3 is 24.1 Å². The number of methoxy groups -OCH3 is 3. The highest BCUT2D eigenvalue weighted by Gasteiger charge is 2.74. The molecule has 1 heterocycles. The fraction of sp³-hybridized carbons (Fsp3) is 0.308. The Bertz CT molecular complexity index is 1080. The van der Waals surface area contributed by atoms with Crippen molar-refractivity contribution in [3.05, 3.63) is 89.5 Å². The van der Waals surface area contributed by atoms with Gasteiger partial charge in [-0.3, -0.25) is 0 Å². The van der Waals surface area contributed by atoms with Crippen molar-refractivity contribution >= 4 is 0 Å². The van der Waals surface area contributed by atoms with Crippen molar-refractivity contribution in [2.75, 3.05) is 21.3 Å². The van der Waals surface area contributed by atoms with Crippen molar-refractivity contribution in [3.63, 3.8) is 0 Å². The maximum atomic E-state index is 11.6. The summed E-state index contributed by atoms with van der Waals surface area (Å²) in [6.07, 6.45) is -0.326. The monoisotopic (exact) mass is 418 g/mol. The normalized spacial score (nSPS) is 28.5. The van der Waals surface area contributed by atoms with Crippen molar-refractivity contribution in [2.24, 2.45) is 0 Å². The maximum absolute atomic E-state index is 11.6. The molecule has 0 saturated heterocycles. The highest BCUT2D eigenvalue weighted by molar-refractivity contribution is 5.62. The van der Waals surface area contributed by atoms with Crippen LogP contribution in [0.5, 0.6) is 17.2 Å². The first-order valence-corrected chi connectivity index (χ1v) is 10.4. The maximum Gasteiger partial charge on any atom is 0.177 e. The van der Waals surface area contributed by atoms with E-state index >= 15 is 0 Å². The summed E-state index contributed by atoms with van der Waals surface area (Å²) in [6.45, 7) is 0. The molecule has 2 aliphatic rings. The van der Waals surface area contributed by atoms with E-state index in [1.165, 1.54) is 0 Å². The Labute approximate surface area is 182 Å². The van der Waals surface area contributed by atoms with Gasteiger partial charge in [-0.1, -0.05) is 60.7 Å². The molecule has 31 heavy (non-hydrogen) atoms. The summed E-state index contributed by atoms with van der Waals surface area (Å²) in [5.41, 5.74) is 0.615. The lowest BCUT2D eigenvalue weighted by molar-refractivity contribution is -0.170. The number of ether oxygens (including phenoxy) is 4. The van der Waals surface area contributed by atoms with Crippen molar-refractivity contribution in [2.45, 2.75) is 29.6 Å². The molecular formula is C26H26O5. The largest absolute Gasteiger partial charge is 0.496 e. The molecule has 5 heteroatoms. The van der Waals surface area contributed by atoms with Crippen LogP contribution in [0.3, 0.4) is 0 Å². The van der Waals surface area contributed by atoms with Crippen LogP contribution in [0, 0.1) is 0 Å². The molecule has 5 nitrogen and oxygen atoms in total. The predicted octanol–water partition coefficient (Wildman–Crippen LogP) is 4.38. The average Bonchev–Trinajstić information content (AvgIpc) is 3.27. The van der Waals surface area contributed by atoms with Crippen LogP contribution in [0.2, 0.25) is 0 Å². The van der Waals surface area contributed by atoms with E-state index in [2.05, 4.69) is 12.1 Å². The summed E-state index contributed by atoms with van der Waals surface area (Å²) in [6, 6.07) is 23.9. The van der Waals surface area contributed by atoms with Gasteiger partial charge in [-0.25, -0.2) is 0 Å². The predicted molar refractivity (Wildman–Crippen MR) is 117 cm³/mol. The topological polar surface area (TPSA) is 57.2 Å². The Morgan fingerprint density at radius 3 is 2.19 bits per heavy atom. The third kappa shape index (κ3) is 2.51. The summed E-state index contributed by atoms with van der Waals surface area (Å²) in [7, 11) is 4.85. The quantitative estimate of drug-likeness (QED) is 0.666. The van der Waals surface area contributed by atoms with Crippen LogP contribution in [0.15, 0.2) is 72.8 Å². The van der Waals surface area contributed by atoms with Crippen LogP contribution >= 0.6 is 0 Å². The first-order valence-electron chi connectivity index (χ1n) is 10.4. The standard InChI is InChI=1S/C26H26O5/c1-28-19-14-21(29-2)24-22(15-19)31-25(18-12-8-5-9-13-18)20(17-10-6-4-7-11-17)16-23(27)26(24,25)30-3/h4-15,20,23,27H,16H2,1-3H3/t20-,23+,25-,26+/m0/s1. The van der Waals surface area contributed by atoms with Crippen molar-refractivity contribution < 1.29 is 24.1 Å². The van der Waals surface area contributed by atoms with Crippen LogP contribution in [0.1, 0.15) is 29.0 Å². The molecule has 1 N–H and O–H groups in total. The number of rotatable bonds is 5. The van der Waals surface area contributed by atoms with E-state index in [1.54, 1.807) is 21.3 Å². The molecule has 0 unspecified atom stereocenters. The minimum atomic E-state index is -1.15. The first-order chi connectivity index (χ1) is 15.1. The zero-order valence-corrected chi connectivity index (χ0v) is 17.9. The lowest BCUT2D eigenvalue weighted by atomic mass is 9.71. The molecule has 160 valence electrons. The third-order valence-corrected chi connectivity index (χ3v) is 6.83. The fourth-order valence-electron chi connectivity index (χ4n) is 5.63. The van der Waals surface area contributed by atoms with Gasteiger partial charge in [0.1, 0.15) is 17.2 Å². The van der Waals surface area contributed by atoms with Crippen molar-refractivity contribution in [3.8, 4) is 17.2 Å². The fourth-order valence-corrected chi connectivity index (χ4v) is 5.63. The molecule has 1 fully saturated rings. The molecule has 1 aliphatic heterocycles. The Hall–Kier alpha value is -3.02. The molecule has 0 radical (unpaired) electrons. The van der Waals surface area contributed by atoms with Crippen LogP contribution < -0.4 is 14.2 Å². The molecule has 5 rings (SSSR count). The lowest BCUT2D eigenvalue weighted by Crippen LogP contribution is -2.53. The van der Waals surface area contributed by atoms with Crippen molar-refractivity contribution in [1.82, 2.24) is 0 Å². The van der Waals surface area contributed by atoms with Crippen molar-refractivity contribution in [1.29, 1.82) is 0 Å². The SMILES string of the molecule is COc1cc(OC)c2c(c1)O[C@@]1(c3ccccc3)[C@H](c3ccccc3)C[C@@H](O)[C@@]21OC. The molecule has 3 aromatic carbocycles. The highest BCUT2D eigenvalue weighted by Crippen LogP contribution is 2.69. The minimum absolute atomic E-state index is 0.144. The summed E-state index contributed by atoms with van der Waals surface area (Å²) in [4.78, 5) is 0. The zero-order chi connectivity index (χ0) is 21.6. The summed E-state index contributed by atoms with van der Waals surface area (Å²) in [5.74, 6) is 1.65. The van der Waals surface area contributed by atoms with Gasteiger partial charge in [-0.15, -0.1) is 0 Å². The van der Waals surface area contributed by atoms with E-state index in [9.17, 15) is 5.11 Å². The molecule has 0 spiro atoms. The average molecular weight is 418 g/mol. The van der Waals surface area contributed by atoms with Gasteiger partial charge >= 0.3 is 0 Å². The Morgan fingerprint density at radius 2 is 1.58 bits per heavy atom. The number of aliphatic hydroxyl groups is 1. The Balaban J connectivity index is 1.85. The Kier molecular flexibility index (Phi) is 4.68. The molecular weight excluding hydrogens is 392 g/mol. The lowest BCUT2D eigenvalue weighted by Gasteiger charge is -2.43. The molecule has 4 atom stereocenters. The second-order valence-corrected chi connectivity index (χ2v) is 8.06. The van der Waals surface area contributed by atoms with E-state index in [-0.39, 0.29) is 5.92 Å². The molecule has 0 aromatic heterocycles. The smallest absolute Gasteiger partial charge is 0.177 e. The zero-order valence-electron chi connectivity index (χ0n) is 17.9. The van der Waals surface area contributed by atoms with E-state index < -0.39 is 17.3 Å². The number of fused-ring (bicyclic) bond motifs is 3. The highest BCUT2D eigenvalue weighted by atomic mass is 16.6. The molecule has 1 saturated carbocycles. The van der Waals surface area contributed by atoms with Gasteiger partial charge in [0.25, 0.3) is 0 Å². The van der Waals surface area contributed by atoms with Crippen LogP contribution in [0.25, 0.3) is 0 Å². The number of benzene rings is 3. The molecule has 0 amide bonds. The van der Waals surface area contributed by atoms with Gasteiger partial charge in [-0.2, -0.15) is 0 Å². The number of hydrogen-bond donors (Lipinski definition) is 1. The van der Waals surface area contributed by atoms with Gasteiger partial charge in [-0.05, 0) is 17.5 Å². The van der Waals surface area contributed by atoms with Crippen LogP contribution in [0.4, 0.5) is 0 Å². The summed E-state index contributed by atoms with van der Waals surface area (Å²) >= 11 is 0. The molecule has 0 bridgehead atoms. The second kappa shape index (κ2) is 7.29. The first kappa shape index (κ1) is 19.9. The number of hydrogen-bond acceptors (Lipinski definition) is 5. The van der Waals surface area contributed by atoms with E-state index in [0.717, 1.165) is 11.1 Å². The summed E-state index contributed by atoms with van der Waals surface area (Å²) < 4.78 is 24.4. The van der Waals surface area contributed by atoms with Crippen LogP contribution in [-0.4, -0.2) is 32.5 Å². The van der Waals surface area contributed by atoms with E-state index in [0.29, 0.717) is 29.2 Å². The minimum Gasteiger partial charge on any atom is -0.496 e. The van der Waals surface area contributed by atoms with E-state index in [1.807, 2.05) is 60.7 Å². The van der Waals surface area contributed by atoms with Gasteiger partial charge in [0.05, 0.1) is 25.9 Å². The second-order valence-electron chi connectivity index (χ2n) is 8.06. The third-order valence-electron chi connectivity index (χ3n) is 6.83. The molecule has 1 aliphatic carbocycles. The summed E-state index contributed by atoms with van der Waals surface area (Å²) in [5, 5.41) is 11.6. The number of aliphatic hydroxyl groups excluding tert-OH is 1. The van der Waals surface area contributed by atoms with Crippen LogP contribution in [-0.2, 0) is 15.9 Å². The van der Waals surface area contributed by atoms with Gasteiger partial charge in [0.15, 0.2) is 11.2 Å².